The summed E-state index contributed by atoms with van der Waals surface area (Å²) in [5.74, 6) is 2.01. The van der Waals surface area contributed by atoms with Gasteiger partial charge in [-0.3, -0.25) is 4.79 Å². The molecule has 0 atom stereocenters. The van der Waals surface area contributed by atoms with Gasteiger partial charge in [-0.15, -0.1) is 0 Å². The lowest BCUT2D eigenvalue weighted by Crippen LogP contribution is -2.29. The molecule has 1 amide bonds. The maximum atomic E-state index is 13.7. The van der Waals surface area contributed by atoms with Crippen LogP contribution in [0.2, 0.25) is 0 Å². The SMILES string of the molecule is CCCCOCCOc1ccc(-c2ccc3c(c2)C=C(C(=O)Nc2ccc(/C(Cc4nccn4CCC)=N/O)cc2)CCN3CC(C)C)cc1. The second kappa shape index (κ2) is 18.2. The Bertz CT molecular complexity index is 1740. The topological polar surface area (TPSA) is 101 Å². The van der Waals surface area contributed by atoms with Crippen LogP contribution < -0.4 is 15.0 Å². The molecule has 50 heavy (non-hydrogen) atoms. The Kier molecular flexibility index (Phi) is 13.2. The molecule has 0 bridgehead atoms. The zero-order chi connectivity index (χ0) is 35.3. The fraction of sp³-hybridized carbons (Fsp3) is 0.390. The zero-order valence-electron chi connectivity index (χ0n) is 29.9. The van der Waals surface area contributed by atoms with Gasteiger partial charge in [0.2, 0.25) is 0 Å². The second-order valence-corrected chi connectivity index (χ2v) is 13.2. The summed E-state index contributed by atoms with van der Waals surface area (Å²) in [4.78, 5) is 20.5. The number of rotatable bonds is 17. The fourth-order valence-corrected chi connectivity index (χ4v) is 6.15. The zero-order valence-corrected chi connectivity index (χ0v) is 29.9. The van der Waals surface area contributed by atoms with Crippen molar-refractivity contribution in [2.24, 2.45) is 11.1 Å². The molecule has 0 fully saturated rings. The van der Waals surface area contributed by atoms with Gasteiger partial charge in [0.25, 0.3) is 5.91 Å². The molecular formula is C41H51N5O4. The van der Waals surface area contributed by atoms with Crippen LogP contribution in [0, 0.1) is 5.92 Å². The predicted octanol–water partition coefficient (Wildman–Crippen LogP) is 8.46. The molecule has 1 aromatic heterocycles. The van der Waals surface area contributed by atoms with E-state index in [0.717, 1.165) is 90.6 Å². The predicted molar refractivity (Wildman–Crippen MR) is 202 cm³/mol. The van der Waals surface area contributed by atoms with Crippen molar-refractivity contribution < 1.29 is 19.5 Å². The summed E-state index contributed by atoms with van der Waals surface area (Å²) in [5, 5.41) is 16.5. The van der Waals surface area contributed by atoms with Crippen LogP contribution in [-0.2, 0) is 22.5 Å². The summed E-state index contributed by atoms with van der Waals surface area (Å²) >= 11 is 0. The molecule has 0 saturated carbocycles. The van der Waals surface area contributed by atoms with Crippen LogP contribution in [0.1, 0.15) is 70.3 Å². The van der Waals surface area contributed by atoms with Gasteiger partial charge in [-0.1, -0.05) is 69.6 Å². The molecule has 3 aromatic carbocycles. The molecule has 0 aliphatic carbocycles. The Balaban J connectivity index is 1.29. The van der Waals surface area contributed by atoms with Crippen molar-refractivity contribution in [3.05, 3.63) is 102 Å². The minimum Gasteiger partial charge on any atom is -0.491 e. The normalized spacial score (nSPS) is 13.2. The maximum Gasteiger partial charge on any atom is 0.251 e. The average Bonchev–Trinajstić information content (AvgIpc) is 3.48. The van der Waals surface area contributed by atoms with E-state index in [1.165, 1.54) is 0 Å². The largest absolute Gasteiger partial charge is 0.491 e. The van der Waals surface area contributed by atoms with Gasteiger partial charge in [0, 0.05) is 55.6 Å². The van der Waals surface area contributed by atoms with Crippen molar-refractivity contribution in [3.8, 4) is 16.9 Å². The number of unbranched alkanes of at least 4 members (excludes halogenated alkanes) is 1. The van der Waals surface area contributed by atoms with Crippen LogP contribution in [0.4, 0.5) is 11.4 Å². The van der Waals surface area contributed by atoms with Gasteiger partial charge in [0.1, 0.15) is 18.2 Å². The quantitative estimate of drug-likeness (QED) is 0.0503. The summed E-state index contributed by atoms with van der Waals surface area (Å²) in [5.41, 5.74) is 7.01. The Labute approximate surface area is 296 Å². The number of aromatic nitrogens is 2. The Morgan fingerprint density at radius 1 is 0.980 bits per heavy atom. The maximum absolute atomic E-state index is 13.7. The number of nitrogens with zero attached hydrogens (tertiary/aromatic N) is 4. The first-order valence-electron chi connectivity index (χ1n) is 17.9. The van der Waals surface area contributed by atoms with Crippen molar-refractivity contribution in [2.75, 3.05) is 43.1 Å². The van der Waals surface area contributed by atoms with E-state index in [2.05, 4.69) is 83.0 Å². The van der Waals surface area contributed by atoms with Gasteiger partial charge >= 0.3 is 0 Å². The number of carbonyl (C=O) groups excluding carboxylic acids is 1. The highest BCUT2D eigenvalue weighted by atomic mass is 16.5. The second-order valence-electron chi connectivity index (χ2n) is 13.2. The smallest absolute Gasteiger partial charge is 0.251 e. The molecule has 9 heteroatoms. The summed E-state index contributed by atoms with van der Waals surface area (Å²) in [6.45, 7) is 13.1. The van der Waals surface area contributed by atoms with E-state index in [-0.39, 0.29) is 5.91 Å². The van der Waals surface area contributed by atoms with Gasteiger partial charge in [0.15, 0.2) is 0 Å². The minimum absolute atomic E-state index is 0.127. The molecule has 2 heterocycles. The highest BCUT2D eigenvalue weighted by Crippen LogP contribution is 2.34. The molecule has 5 rings (SSSR count). The number of carbonyl (C=O) groups is 1. The van der Waals surface area contributed by atoms with E-state index < -0.39 is 0 Å². The van der Waals surface area contributed by atoms with Crippen LogP contribution in [-0.4, -0.2) is 59.3 Å². The Morgan fingerprint density at radius 2 is 1.76 bits per heavy atom. The number of hydrogen-bond acceptors (Lipinski definition) is 7. The van der Waals surface area contributed by atoms with E-state index in [0.29, 0.717) is 43.4 Å². The van der Waals surface area contributed by atoms with Crippen molar-refractivity contribution in [1.29, 1.82) is 0 Å². The molecule has 0 spiro atoms. The number of anilines is 2. The molecular weight excluding hydrogens is 626 g/mol. The van der Waals surface area contributed by atoms with Crippen molar-refractivity contribution >= 4 is 29.1 Å². The van der Waals surface area contributed by atoms with Gasteiger partial charge < -0.3 is 29.5 Å². The van der Waals surface area contributed by atoms with Gasteiger partial charge in [-0.05, 0) is 89.9 Å². The van der Waals surface area contributed by atoms with E-state index in [9.17, 15) is 10.0 Å². The minimum atomic E-state index is -0.127. The molecule has 0 unspecified atom stereocenters. The van der Waals surface area contributed by atoms with Crippen molar-refractivity contribution in [1.82, 2.24) is 9.55 Å². The molecule has 2 N–H and O–H groups in total. The molecule has 0 radical (unpaired) electrons. The number of hydrogen-bond donors (Lipinski definition) is 2. The highest BCUT2D eigenvalue weighted by molar-refractivity contribution is 6.08. The number of ether oxygens (including phenoxy) is 2. The third kappa shape index (κ3) is 9.85. The number of aryl methyl sites for hydroxylation is 1. The summed E-state index contributed by atoms with van der Waals surface area (Å²) in [6.07, 6.45) is 9.95. The lowest BCUT2D eigenvalue weighted by molar-refractivity contribution is -0.112. The van der Waals surface area contributed by atoms with E-state index in [1.54, 1.807) is 6.20 Å². The Hall–Kier alpha value is -4.89. The number of oxime groups is 1. The third-order valence-electron chi connectivity index (χ3n) is 8.74. The monoisotopic (exact) mass is 677 g/mol. The summed E-state index contributed by atoms with van der Waals surface area (Å²) in [6, 6.07) is 22.1. The van der Waals surface area contributed by atoms with Gasteiger partial charge in [-0.2, -0.15) is 0 Å². The number of imidazole rings is 1. The Morgan fingerprint density at radius 3 is 2.48 bits per heavy atom. The van der Waals surface area contributed by atoms with Crippen LogP contribution in [0.5, 0.6) is 5.75 Å². The van der Waals surface area contributed by atoms with Gasteiger partial charge in [-0.25, -0.2) is 4.98 Å². The number of benzene rings is 3. The molecule has 4 aromatic rings. The lowest BCUT2D eigenvalue weighted by Gasteiger charge is -2.27. The molecule has 264 valence electrons. The van der Waals surface area contributed by atoms with Crippen LogP contribution in [0.25, 0.3) is 17.2 Å². The summed E-state index contributed by atoms with van der Waals surface area (Å²) in [7, 11) is 0. The highest BCUT2D eigenvalue weighted by Gasteiger charge is 2.21. The standard InChI is InChI=1S/C41H51N5O4/c1-5-7-23-49-24-25-50-37-15-10-31(11-16-37)33-12-17-39-35(26-33)27-34(18-21-46(39)29-30(3)4)41(47)43-36-13-8-32(9-14-36)38(44-48)28-40-42-19-22-45(40)20-6-2/h8-17,19,22,26-27,30,48H,5-7,18,20-21,23-25,28-29H2,1-4H3,(H,43,47)/b44-38+. The fourth-order valence-electron chi connectivity index (χ4n) is 6.15. The number of amides is 1. The van der Waals surface area contributed by atoms with Crippen molar-refractivity contribution in [3.63, 3.8) is 0 Å². The van der Waals surface area contributed by atoms with Crippen molar-refractivity contribution in [2.45, 2.75) is 66.3 Å². The third-order valence-corrected chi connectivity index (χ3v) is 8.74. The number of nitrogens with one attached hydrogen (secondary N) is 1. The van der Waals surface area contributed by atoms with E-state index >= 15 is 0 Å². The molecule has 1 aliphatic heterocycles. The molecule has 9 nitrogen and oxygen atoms in total. The lowest BCUT2D eigenvalue weighted by atomic mass is 10.00. The number of fused-ring (bicyclic) bond motifs is 1. The van der Waals surface area contributed by atoms with Crippen LogP contribution >= 0.6 is 0 Å². The first-order chi connectivity index (χ1) is 24.4. The summed E-state index contributed by atoms with van der Waals surface area (Å²) < 4.78 is 13.6. The molecule has 0 saturated heterocycles. The van der Waals surface area contributed by atoms with E-state index in [1.807, 2.05) is 48.7 Å². The van der Waals surface area contributed by atoms with Crippen LogP contribution in [0.3, 0.4) is 0 Å². The van der Waals surface area contributed by atoms with Gasteiger partial charge in [0.05, 0.1) is 18.7 Å². The van der Waals surface area contributed by atoms with E-state index in [4.69, 9.17) is 9.47 Å². The molecule has 1 aliphatic rings. The first-order valence-corrected chi connectivity index (χ1v) is 17.9. The first kappa shape index (κ1) is 36.4. The van der Waals surface area contributed by atoms with Crippen LogP contribution in [0.15, 0.2) is 89.9 Å². The average molecular weight is 678 g/mol.